The summed E-state index contributed by atoms with van der Waals surface area (Å²) in [6.07, 6.45) is 0.0239. The number of methoxy groups -OCH3 is 1. The fourth-order valence-corrected chi connectivity index (χ4v) is 3.03. The van der Waals surface area contributed by atoms with E-state index in [2.05, 4.69) is 5.32 Å². The van der Waals surface area contributed by atoms with Gasteiger partial charge in [0.05, 0.1) is 35.5 Å². The smallest absolute Gasteiger partial charge is 0.339 e. The molecule has 7 nitrogen and oxygen atoms in total. The zero-order chi connectivity index (χ0) is 19.4. The summed E-state index contributed by atoms with van der Waals surface area (Å²) >= 11 is 0. The first-order valence-electron chi connectivity index (χ1n) is 8.33. The van der Waals surface area contributed by atoms with E-state index in [4.69, 9.17) is 10.00 Å². The minimum absolute atomic E-state index is 0.0239. The van der Waals surface area contributed by atoms with Crippen LogP contribution in [0.4, 0.5) is 11.4 Å². The molecule has 1 heterocycles. The second kappa shape index (κ2) is 7.70. The number of nitrogens with zero attached hydrogens (tertiary/aromatic N) is 2. The summed E-state index contributed by atoms with van der Waals surface area (Å²) in [6, 6.07) is 15.3. The highest BCUT2D eigenvalue weighted by Gasteiger charge is 2.36. The Morgan fingerprint density at radius 1 is 1.19 bits per heavy atom. The average molecular weight is 363 g/mol. The van der Waals surface area contributed by atoms with Crippen LogP contribution >= 0.6 is 0 Å². The number of ether oxygens (including phenoxy) is 1. The normalized spacial score (nSPS) is 15.9. The Labute approximate surface area is 156 Å². The molecule has 1 aliphatic rings. The van der Waals surface area contributed by atoms with E-state index < -0.39 is 11.9 Å². The summed E-state index contributed by atoms with van der Waals surface area (Å²) in [5, 5.41) is 11.8. The Morgan fingerprint density at radius 2 is 1.89 bits per heavy atom. The zero-order valence-electron chi connectivity index (χ0n) is 14.6. The maximum Gasteiger partial charge on any atom is 0.339 e. The van der Waals surface area contributed by atoms with Crippen LogP contribution in [0.2, 0.25) is 0 Å². The van der Waals surface area contributed by atoms with E-state index in [1.165, 1.54) is 12.0 Å². The number of carbonyl (C=O) groups is 3. The van der Waals surface area contributed by atoms with Crippen molar-refractivity contribution in [1.29, 1.82) is 5.26 Å². The number of para-hydroxylation sites is 2. The molecule has 0 aromatic heterocycles. The third kappa shape index (κ3) is 3.65. The summed E-state index contributed by atoms with van der Waals surface area (Å²) in [4.78, 5) is 38.4. The SMILES string of the molecule is COC(=O)c1ccccc1N1CC(C(=O)Nc2ccccc2C#N)CC1=O. The number of benzene rings is 2. The Balaban J connectivity index is 1.79. The number of amides is 2. The van der Waals surface area contributed by atoms with Gasteiger partial charge in [0.2, 0.25) is 11.8 Å². The molecule has 0 spiro atoms. The van der Waals surface area contributed by atoms with Crippen molar-refractivity contribution >= 4 is 29.2 Å². The van der Waals surface area contributed by atoms with Gasteiger partial charge < -0.3 is 15.0 Å². The van der Waals surface area contributed by atoms with Crippen LogP contribution in [0.3, 0.4) is 0 Å². The van der Waals surface area contributed by atoms with E-state index in [1.807, 2.05) is 6.07 Å². The molecule has 1 unspecified atom stereocenters. The highest BCUT2D eigenvalue weighted by atomic mass is 16.5. The van der Waals surface area contributed by atoms with Crippen LogP contribution in [0.5, 0.6) is 0 Å². The predicted molar refractivity (Wildman–Crippen MR) is 98.0 cm³/mol. The lowest BCUT2D eigenvalue weighted by atomic mass is 10.1. The van der Waals surface area contributed by atoms with Crippen molar-refractivity contribution in [2.24, 2.45) is 5.92 Å². The molecule has 27 heavy (non-hydrogen) atoms. The fourth-order valence-electron chi connectivity index (χ4n) is 3.03. The van der Waals surface area contributed by atoms with Crippen molar-refractivity contribution in [3.63, 3.8) is 0 Å². The molecule has 2 aromatic carbocycles. The number of hydrogen-bond donors (Lipinski definition) is 1. The lowest BCUT2D eigenvalue weighted by Gasteiger charge is -2.19. The highest BCUT2D eigenvalue weighted by Crippen LogP contribution is 2.29. The first kappa shape index (κ1) is 18.1. The van der Waals surface area contributed by atoms with E-state index in [0.717, 1.165) is 0 Å². The Kier molecular flexibility index (Phi) is 5.18. The first-order chi connectivity index (χ1) is 13.0. The molecule has 0 saturated carbocycles. The maximum atomic E-state index is 12.6. The number of hydrogen-bond acceptors (Lipinski definition) is 5. The van der Waals surface area contributed by atoms with Crippen molar-refractivity contribution in [2.45, 2.75) is 6.42 Å². The van der Waals surface area contributed by atoms with Crippen LogP contribution < -0.4 is 10.2 Å². The van der Waals surface area contributed by atoms with Gasteiger partial charge in [-0.1, -0.05) is 24.3 Å². The van der Waals surface area contributed by atoms with Gasteiger partial charge in [-0.15, -0.1) is 0 Å². The van der Waals surface area contributed by atoms with Gasteiger partial charge in [0, 0.05) is 13.0 Å². The lowest BCUT2D eigenvalue weighted by Crippen LogP contribution is -2.29. The highest BCUT2D eigenvalue weighted by molar-refractivity contribution is 6.07. The Hall–Kier alpha value is -3.66. The zero-order valence-corrected chi connectivity index (χ0v) is 14.6. The Morgan fingerprint density at radius 3 is 2.63 bits per heavy atom. The molecule has 1 atom stereocenters. The second-order valence-corrected chi connectivity index (χ2v) is 6.06. The minimum atomic E-state index is -0.588. The van der Waals surface area contributed by atoms with E-state index in [1.54, 1.807) is 48.5 Å². The third-order valence-electron chi connectivity index (χ3n) is 4.40. The van der Waals surface area contributed by atoms with Gasteiger partial charge in [-0.05, 0) is 24.3 Å². The molecule has 2 aromatic rings. The molecule has 1 N–H and O–H groups in total. The molecule has 0 radical (unpaired) electrons. The van der Waals surface area contributed by atoms with E-state index >= 15 is 0 Å². The van der Waals surface area contributed by atoms with Crippen LogP contribution in [-0.2, 0) is 14.3 Å². The number of nitrogens with one attached hydrogen (secondary N) is 1. The topological polar surface area (TPSA) is 99.5 Å². The van der Waals surface area contributed by atoms with Crippen molar-refractivity contribution in [3.8, 4) is 6.07 Å². The summed E-state index contributed by atoms with van der Waals surface area (Å²) in [5.41, 5.74) is 1.44. The van der Waals surface area contributed by atoms with Gasteiger partial charge >= 0.3 is 5.97 Å². The average Bonchev–Trinajstić information content (AvgIpc) is 3.09. The number of esters is 1. The van der Waals surface area contributed by atoms with E-state index in [9.17, 15) is 14.4 Å². The molecule has 1 saturated heterocycles. The summed E-state index contributed by atoms with van der Waals surface area (Å²) in [7, 11) is 1.27. The Bertz CT molecular complexity index is 948. The lowest BCUT2D eigenvalue weighted by molar-refractivity contribution is -0.122. The van der Waals surface area contributed by atoms with Crippen molar-refractivity contribution in [3.05, 3.63) is 59.7 Å². The van der Waals surface area contributed by atoms with Crippen LogP contribution in [-0.4, -0.2) is 31.4 Å². The quantitative estimate of drug-likeness (QED) is 0.841. The minimum Gasteiger partial charge on any atom is -0.465 e. The van der Waals surface area contributed by atoms with E-state index in [0.29, 0.717) is 16.9 Å². The molecule has 3 rings (SSSR count). The van der Waals surface area contributed by atoms with Crippen LogP contribution in [0, 0.1) is 17.2 Å². The summed E-state index contributed by atoms with van der Waals surface area (Å²) < 4.78 is 4.76. The van der Waals surface area contributed by atoms with Gasteiger partial charge in [0.1, 0.15) is 6.07 Å². The van der Waals surface area contributed by atoms with Crippen LogP contribution in [0.25, 0.3) is 0 Å². The number of carbonyl (C=O) groups excluding carboxylic acids is 3. The summed E-state index contributed by atoms with van der Waals surface area (Å²) in [6.45, 7) is 0.146. The molecular formula is C20H17N3O4. The molecule has 136 valence electrons. The molecular weight excluding hydrogens is 346 g/mol. The van der Waals surface area contributed by atoms with Crippen molar-refractivity contribution < 1.29 is 19.1 Å². The monoisotopic (exact) mass is 363 g/mol. The van der Waals surface area contributed by atoms with Gasteiger partial charge in [0.15, 0.2) is 0 Å². The standard InChI is InChI=1S/C20H17N3O4/c1-27-20(26)15-7-3-5-9-17(15)23-12-14(10-18(23)24)19(25)22-16-8-4-2-6-13(16)11-21/h2-9,14H,10,12H2,1H3,(H,22,25). The van der Waals surface area contributed by atoms with Crippen LogP contribution in [0.15, 0.2) is 48.5 Å². The summed E-state index contributed by atoms with van der Waals surface area (Å²) in [5.74, 6) is -1.73. The van der Waals surface area contributed by atoms with E-state index in [-0.39, 0.29) is 30.3 Å². The molecule has 1 fully saturated rings. The first-order valence-corrected chi connectivity index (χ1v) is 8.33. The number of rotatable bonds is 4. The van der Waals surface area contributed by atoms with Gasteiger partial charge in [-0.25, -0.2) is 4.79 Å². The number of nitriles is 1. The van der Waals surface area contributed by atoms with Crippen LogP contribution in [0.1, 0.15) is 22.3 Å². The third-order valence-corrected chi connectivity index (χ3v) is 4.40. The largest absolute Gasteiger partial charge is 0.465 e. The van der Waals surface area contributed by atoms with Crippen molar-refractivity contribution in [2.75, 3.05) is 23.9 Å². The maximum absolute atomic E-state index is 12.6. The predicted octanol–water partition coefficient (Wildman–Crippen LogP) is 2.34. The fraction of sp³-hybridized carbons (Fsp3) is 0.200. The second-order valence-electron chi connectivity index (χ2n) is 6.06. The molecule has 0 aliphatic carbocycles. The van der Waals surface area contributed by atoms with Gasteiger partial charge in [-0.3, -0.25) is 9.59 Å². The molecule has 0 bridgehead atoms. The number of anilines is 2. The van der Waals surface area contributed by atoms with Crippen molar-refractivity contribution in [1.82, 2.24) is 0 Å². The van der Waals surface area contributed by atoms with Gasteiger partial charge in [-0.2, -0.15) is 5.26 Å². The van der Waals surface area contributed by atoms with Gasteiger partial charge in [0.25, 0.3) is 0 Å². The molecule has 7 heteroatoms. The molecule has 1 aliphatic heterocycles. The molecule has 2 amide bonds.